The maximum absolute atomic E-state index is 5.54. The second-order valence-electron chi connectivity index (χ2n) is 5.29. The molecule has 1 saturated heterocycles. The van der Waals surface area contributed by atoms with Crippen LogP contribution in [-0.2, 0) is 4.74 Å². The van der Waals surface area contributed by atoms with E-state index in [9.17, 15) is 0 Å². The van der Waals surface area contributed by atoms with Crippen LogP contribution in [0.25, 0.3) is 0 Å². The Morgan fingerprint density at radius 1 is 1.63 bits per heavy atom. The van der Waals surface area contributed by atoms with E-state index < -0.39 is 0 Å². The van der Waals surface area contributed by atoms with Crippen molar-refractivity contribution in [2.75, 3.05) is 38.3 Å². The quantitative estimate of drug-likeness (QED) is 0.871. The Labute approximate surface area is 120 Å². The third kappa shape index (κ3) is 4.16. The number of hydrogen-bond donors (Lipinski definition) is 1. The Morgan fingerprint density at radius 3 is 3.16 bits per heavy atom. The molecule has 4 nitrogen and oxygen atoms in total. The highest BCUT2D eigenvalue weighted by Crippen LogP contribution is 2.27. The third-order valence-electron chi connectivity index (χ3n) is 3.56. The molecule has 0 bridgehead atoms. The van der Waals surface area contributed by atoms with Crippen molar-refractivity contribution in [3.63, 3.8) is 0 Å². The lowest BCUT2D eigenvalue weighted by Crippen LogP contribution is -2.30. The van der Waals surface area contributed by atoms with E-state index in [0.29, 0.717) is 12.0 Å². The highest BCUT2D eigenvalue weighted by molar-refractivity contribution is 7.15. The van der Waals surface area contributed by atoms with Crippen molar-refractivity contribution >= 4 is 16.5 Å². The highest BCUT2D eigenvalue weighted by Gasteiger charge is 2.18. The number of anilines is 1. The maximum Gasteiger partial charge on any atom is 0.185 e. The molecule has 0 saturated carbocycles. The molecular formula is C14H25N3OS. The van der Waals surface area contributed by atoms with E-state index in [0.717, 1.165) is 31.4 Å². The van der Waals surface area contributed by atoms with Gasteiger partial charge in [-0.2, -0.15) is 0 Å². The minimum atomic E-state index is 0.391. The lowest BCUT2D eigenvalue weighted by Gasteiger charge is -2.26. The summed E-state index contributed by atoms with van der Waals surface area (Å²) in [5, 5.41) is 4.54. The van der Waals surface area contributed by atoms with Crippen molar-refractivity contribution in [2.24, 2.45) is 5.92 Å². The summed E-state index contributed by atoms with van der Waals surface area (Å²) >= 11 is 1.79. The van der Waals surface area contributed by atoms with Crippen LogP contribution in [-0.4, -0.2) is 38.3 Å². The van der Waals surface area contributed by atoms with Gasteiger partial charge in [0.05, 0.1) is 6.61 Å². The molecule has 5 heteroatoms. The summed E-state index contributed by atoms with van der Waals surface area (Å²) in [5.74, 6) is 0.650. The Balaban J connectivity index is 1.89. The van der Waals surface area contributed by atoms with Crippen LogP contribution in [0.1, 0.15) is 37.6 Å². The molecule has 2 rings (SSSR count). The maximum atomic E-state index is 5.54. The average Bonchev–Trinajstić information content (AvgIpc) is 2.90. The van der Waals surface area contributed by atoms with Gasteiger partial charge in [-0.05, 0) is 32.2 Å². The van der Waals surface area contributed by atoms with Gasteiger partial charge in [-0.15, -0.1) is 11.3 Å². The Morgan fingerprint density at radius 2 is 2.47 bits per heavy atom. The zero-order valence-corrected chi connectivity index (χ0v) is 13.0. The molecule has 1 aromatic heterocycles. The molecule has 0 aromatic carbocycles. The summed E-state index contributed by atoms with van der Waals surface area (Å²) in [6, 6.07) is 0.391. The van der Waals surface area contributed by atoms with Gasteiger partial charge in [-0.25, -0.2) is 4.98 Å². The number of rotatable bonds is 6. The van der Waals surface area contributed by atoms with Crippen molar-refractivity contribution in [2.45, 2.75) is 32.7 Å². The van der Waals surface area contributed by atoms with E-state index in [-0.39, 0.29) is 0 Å². The number of thiazole rings is 1. The zero-order valence-electron chi connectivity index (χ0n) is 12.2. The lowest BCUT2D eigenvalue weighted by atomic mass is 10.0. The van der Waals surface area contributed by atoms with Gasteiger partial charge in [0.25, 0.3) is 0 Å². The van der Waals surface area contributed by atoms with E-state index in [1.165, 1.54) is 17.7 Å². The molecule has 1 aliphatic heterocycles. The normalized spacial score (nSPS) is 21.3. The van der Waals surface area contributed by atoms with Crippen molar-refractivity contribution < 1.29 is 4.74 Å². The Bertz CT molecular complexity index is 377. The van der Waals surface area contributed by atoms with Crippen molar-refractivity contribution in [1.29, 1.82) is 0 Å². The van der Waals surface area contributed by atoms with Gasteiger partial charge >= 0.3 is 0 Å². The molecule has 1 N–H and O–H groups in total. The molecule has 108 valence electrons. The second-order valence-corrected chi connectivity index (χ2v) is 6.33. The van der Waals surface area contributed by atoms with E-state index >= 15 is 0 Å². The standard InChI is InChI=1S/C14H25N3OS/c1-4-15-11(2)13-8-16-14(19-13)17(3)9-12-6-5-7-18-10-12/h8,11-12,15H,4-7,9-10H2,1-3H3. The van der Waals surface area contributed by atoms with E-state index in [1.54, 1.807) is 11.3 Å². The average molecular weight is 283 g/mol. The van der Waals surface area contributed by atoms with E-state index in [2.05, 4.69) is 36.1 Å². The molecule has 1 aliphatic rings. The van der Waals surface area contributed by atoms with Crippen LogP contribution in [0.3, 0.4) is 0 Å². The summed E-state index contributed by atoms with van der Waals surface area (Å²) in [5.41, 5.74) is 0. The second kappa shape index (κ2) is 7.22. The molecule has 2 heterocycles. The van der Waals surface area contributed by atoms with Crippen LogP contribution in [0.15, 0.2) is 6.20 Å². The Kier molecular flexibility index (Phi) is 5.60. The number of ether oxygens (including phenoxy) is 1. The van der Waals surface area contributed by atoms with Gasteiger partial charge in [0, 0.05) is 37.3 Å². The molecule has 0 amide bonds. The Hall–Kier alpha value is -0.650. The number of hydrogen-bond acceptors (Lipinski definition) is 5. The summed E-state index contributed by atoms with van der Waals surface area (Å²) in [6.07, 6.45) is 4.47. The predicted octanol–water partition coefficient (Wildman–Crippen LogP) is 2.68. The number of aromatic nitrogens is 1. The van der Waals surface area contributed by atoms with Gasteiger partial charge < -0.3 is 15.0 Å². The third-order valence-corrected chi connectivity index (χ3v) is 4.86. The van der Waals surface area contributed by atoms with Crippen molar-refractivity contribution in [3.8, 4) is 0 Å². The SMILES string of the molecule is CCNC(C)c1cnc(N(C)CC2CCCOC2)s1. The monoisotopic (exact) mass is 283 g/mol. The summed E-state index contributed by atoms with van der Waals surface area (Å²) < 4.78 is 5.54. The largest absolute Gasteiger partial charge is 0.381 e. The molecule has 0 spiro atoms. The predicted molar refractivity (Wildman–Crippen MR) is 81.0 cm³/mol. The van der Waals surface area contributed by atoms with Gasteiger partial charge in [0.2, 0.25) is 0 Å². The number of nitrogens with zero attached hydrogens (tertiary/aromatic N) is 2. The van der Waals surface area contributed by atoms with Crippen LogP contribution in [0, 0.1) is 5.92 Å². The van der Waals surface area contributed by atoms with Crippen molar-refractivity contribution in [1.82, 2.24) is 10.3 Å². The first-order valence-electron chi connectivity index (χ1n) is 7.18. The minimum absolute atomic E-state index is 0.391. The fraction of sp³-hybridized carbons (Fsp3) is 0.786. The molecule has 1 aromatic rings. The summed E-state index contributed by atoms with van der Waals surface area (Å²) in [7, 11) is 2.13. The minimum Gasteiger partial charge on any atom is -0.381 e. The van der Waals surface area contributed by atoms with Crippen LogP contribution in [0.2, 0.25) is 0 Å². The first kappa shape index (κ1) is 14.8. The molecule has 0 radical (unpaired) electrons. The molecular weight excluding hydrogens is 258 g/mol. The fourth-order valence-electron chi connectivity index (χ4n) is 2.48. The highest BCUT2D eigenvalue weighted by atomic mass is 32.1. The summed E-state index contributed by atoms with van der Waals surface area (Å²) in [6.45, 7) is 8.19. The first-order chi connectivity index (χ1) is 9.20. The first-order valence-corrected chi connectivity index (χ1v) is 8.00. The van der Waals surface area contributed by atoms with Crippen LogP contribution < -0.4 is 10.2 Å². The molecule has 2 unspecified atom stereocenters. The van der Waals surface area contributed by atoms with Gasteiger partial charge in [0.1, 0.15) is 0 Å². The van der Waals surface area contributed by atoms with Crippen LogP contribution in [0.4, 0.5) is 5.13 Å². The van der Waals surface area contributed by atoms with Crippen LogP contribution >= 0.6 is 11.3 Å². The molecule has 2 atom stereocenters. The van der Waals surface area contributed by atoms with Gasteiger partial charge in [0.15, 0.2) is 5.13 Å². The molecule has 1 fully saturated rings. The van der Waals surface area contributed by atoms with Gasteiger partial charge in [-0.1, -0.05) is 6.92 Å². The zero-order chi connectivity index (χ0) is 13.7. The summed E-state index contributed by atoms with van der Waals surface area (Å²) in [4.78, 5) is 8.13. The lowest BCUT2D eigenvalue weighted by molar-refractivity contribution is 0.0576. The van der Waals surface area contributed by atoms with E-state index in [1.807, 2.05) is 6.20 Å². The molecule has 0 aliphatic carbocycles. The smallest absolute Gasteiger partial charge is 0.185 e. The van der Waals surface area contributed by atoms with Gasteiger partial charge in [-0.3, -0.25) is 0 Å². The van der Waals surface area contributed by atoms with Crippen LogP contribution in [0.5, 0.6) is 0 Å². The topological polar surface area (TPSA) is 37.4 Å². The fourth-order valence-corrected chi connectivity index (χ4v) is 3.39. The van der Waals surface area contributed by atoms with E-state index in [4.69, 9.17) is 4.74 Å². The van der Waals surface area contributed by atoms with Crippen molar-refractivity contribution in [3.05, 3.63) is 11.1 Å². The number of nitrogens with one attached hydrogen (secondary N) is 1. The molecule has 19 heavy (non-hydrogen) atoms.